The van der Waals surface area contributed by atoms with Crippen LogP contribution in [0.2, 0.25) is 0 Å². The summed E-state index contributed by atoms with van der Waals surface area (Å²) in [6.45, 7) is 2.02. The van der Waals surface area contributed by atoms with E-state index in [0.29, 0.717) is 0 Å². The quantitative estimate of drug-likeness (QED) is 0.808. The van der Waals surface area contributed by atoms with Gasteiger partial charge in [0.05, 0.1) is 22.5 Å². The minimum absolute atomic E-state index is 0.0997. The van der Waals surface area contributed by atoms with Crippen LogP contribution in [0, 0.1) is 23.7 Å². The highest BCUT2D eigenvalue weighted by molar-refractivity contribution is 5.76. The second-order valence-corrected chi connectivity index (χ2v) is 5.46. The van der Waals surface area contributed by atoms with Gasteiger partial charge in [-0.15, -0.1) is 0 Å². The number of fused-ring (bicyclic) bond motifs is 1. The zero-order valence-electron chi connectivity index (χ0n) is 10.9. The van der Waals surface area contributed by atoms with Crippen LogP contribution in [0.4, 0.5) is 0 Å². The third kappa shape index (κ3) is 1.60. The minimum atomic E-state index is -0.0997. The molecule has 0 radical (unpaired) electrons. The number of aryl methyl sites for hydroxylation is 2. The van der Waals surface area contributed by atoms with Gasteiger partial charge in [-0.3, -0.25) is 0 Å². The SMILES string of the molecule is Cc1nc2cc(CC3(C#N)CCC3)ccc2n1C. The fraction of sp³-hybridized carbons (Fsp3) is 0.467. The number of hydrogen-bond donors (Lipinski definition) is 0. The van der Waals surface area contributed by atoms with E-state index >= 15 is 0 Å². The zero-order valence-corrected chi connectivity index (χ0v) is 10.9. The molecule has 0 aliphatic heterocycles. The van der Waals surface area contributed by atoms with Gasteiger partial charge in [-0.25, -0.2) is 4.98 Å². The van der Waals surface area contributed by atoms with E-state index in [9.17, 15) is 5.26 Å². The second kappa shape index (κ2) is 3.84. The normalized spacial score (nSPS) is 17.4. The molecule has 0 bridgehead atoms. The van der Waals surface area contributed by atoms with E-state index in [0.717, 1.165) is 36.1 Å². The van der Waals surface area contributed by atoms with Crippen LogP contribution >= 0.6 is 0 Å². The van der Waals surface area contributed by atoms with Crippen molar-refractivity contribution >= 4 is 11.0 Å². The number of nitriles is 1. The van der Waals surface area contributed by atoms with Crippen molar-refractivity contribution < 1.29 is 0 Å². The number of imidazole rings is 1. The van der Waals surface area contributed by atoms with Gasteiger partial charge in [-0.05, 0) is 43.9 Å². The van der Waals surface area contributed by atoms with E-state index in [1.54, 1.807) is 0 Å². The Bertz CT molecular complexity index is 642. The van der Waals surface area contributed by atoms with E-state index in [-0.39, 0.29) is 5.41 Å². The highest BCUT2D eigenvalue weighted by Gasteiger charge is 2.37. The van der Waals surface area contributed by atoms with Crippen molar-refractivity contribution in [2.75, 3.05) is 0 Å². The zero-order chi connectivity index (χ0) is 12.8. The van der Waals surface area contributed by atoms with Crippen LogP contribution in [0.1, 0.15) is 30.7 Å². The molecule has 1 heterocycles. The highest BCUT2D eigenvalue weighted by Crippen LogP contribution is 2.43. The summed E-state index contributed by atoms with van der Waals surface area (Å²) in [6, 6.07) is 8.90. The van der Waals surface area contributed by atoms with Crippen molar-refractivity contribution in [2.24, 2.45) is 12.5 Å². The Hall–Kier alpha value is -1.82. The molecule has 1 aromatic carbocycles. The van der Waals surface area contributed by atoms with Gasteiger partial charge in [0.2, 0.25) is 0 Å². The lowest BCUT2D eigenvalue weighted by Crippen LogP contribution is -2.29. The monoisotopic (exact) mass is 239 g/mol. The largest absolute Gasteiger partial charge is 0.331 e. The molecule has 0 saturated heterocycles. The molecule has 0 amide bonds. The molecule has 1 aliphatic carbocycles. The molecule has 2 aromatic rings. The maximum Gasteiger partial charge on any atom is 0.106 e. The molecule has 3 rings (SSSR count). The van der Waals surface area contributed by atoms with Gasteiger partial charge in [0.15, 0.2) is 0 Å². The van der Waals surface area contributed by atoms with Crippen molar-refractivity contribution in [2.45, 2.75) is 32.6 Å². The van der Waals surface area contributed by atoms with Crippen molar-refractivity contribution in [3.63, 3.8) is 0 Å². The number of aromatic nitrogens is 2. The van der Waals surface area contributed by atoms with Crippen molar-refractivity contribution in [1.29, 1.82) is 5.26 Å². The van der Waals surface area contributed by atoms with Crippen LogP contribution in [0.5, 0.6) is 0 Å². The first-order chi connectivity index (χ1) is 8.63. The first kappa shape index (κ1) is 11.3. The number of benzene rings is 1. The van der Waals surface area contributed by atoms with Gasteiger partial charge in [-0.2, -0.15) is 5.26 Å². The van der Waals surface area contributed by atoms with Gasteiger partial charge in [0, 0.05) is 7.05 Å². The van der Waals surface area contributed by atoms with Gasteiger partial charge in [-0.1, -0.05) is 12.5 Å². The average Bonchev–Trinajstić information content (AvgIpc) is 2.60. The van der Waals surface area contributed by atoms with Crippen LogP contribution in [-0.4, -0.2) is 9.55 Å². The molecule has 92 valence electrons. The summed E-state index contributed by atoms with van der Waals surface area (Å²) < 4.78 is 2.10. The van der Waals surface area contributed by atoms with Crippen molar-refractivity contribution in [3.8, 4) is 6.07 Å². The fourth-order valence-electron chi connectivity index (χ4n) is 2.80. The molecule has 0 spiro atoms. The Morgan fingerprint density at radius 2 is 2.22 bits per heavy atom. The van der Waals surface area contributed by atoms with E-state index in [2.05, 4.69) is 33.8 Å². The lowest BCUT2D eigenvalue weighted by Gasteiger charge is -2.35. The molecule has 0 atom stereocenters. The lowest BCUT2D eigenvalue weighted by molar-refractivity contribution is 0.214. The Kier molecular flexibility index (Phi) is 2.41. The van der Waals surface area contributed by atoms with E-state index in [1.165, 1.54) is 12.0 Å². The van der Waals surface area contributed by atoms with Crippen molar-refractivity contribution in [3.05, 3.63) is 29.6 Å². The number of nitrogens with zero attached hydrogens (tertiary/aromatic N) is 3. The second-order valence-electron chi connectivity index (χ2n) is 5.46. The summed E-state index contributed by atoms with van der Waals surface area (Å²) in [7, 11) is 2.03. The van der Waals surface area contributed by atoms with Crippen LogP contribution in [0.3, 0.4) is 0 Å². The molecule has 0 unspecified atom stereocenters. The summed E-state index contributed by atoms with van der Waals surface area (Å²) >= 11 is 0. The molecule has 3 heteroatoms. The topological polar surface area (TPSA) is 41.6 Å². The molecule has 1 fully saturated rings. The van der Waals surface area contributed by atoms with Crippen LogP contribution in [-0.2, 0) is 13.5 Å². The van der Waals surface area contributed by atoms with Crippen LogP contribution in [0.25, 0.3) is 11.0 Å². The predicted octanol–water partition coefficient (Wildman–Crippen LogP) is 3.12. The maximum absolute atomic E-state index is 9.29. The van der Waals surface area contributed by atoms with Gasteiger partial charge >= 0.3 is 0 Å². The molecule has 3 nitrogen and oxygen atoms in total. The Labute approximate surface area is 107 Å². The molecule has 1 aromatic heterocycles. The molecule has 18 heavy (non-hydrogen) atoms. The first-order valence-corrected chi connectivity index (χ1v) is 6.47. The highest BCUT2D eigenvalue weighted by atomic mass is 15.0. The molecule has 1 saturated carbocycles. The Morgan fingerprint density at radius 3 is 2.83 bits per heavy atom. The summed E-state index contributed by atoms with van der Waals surface area (Å²) in [6.07, 6.45) is 4.15. The third-order valence-corrected chi connectivity index (χ3v) is 4.26. The molecular weight excluding hydrogens is 222 g/mol. The summed E-state index contributed by atoms with van der Waals surface area (Å²) in [5, 5.41) is 9.29. The number of hydrogen-bond acceptors (Lipinski definition) is 2. The van der Waals surface area contributed by atoms with Gasteiger partial charge < -0.3 is 4.57 Å². The standard InChI is InChI=1S/C15H17N3/c1-11-17-13-8-12(4-5-14(13)18(11)2)9-15(10-16)6-3-7-15/h4-5,8H,3,6-7,9H2,1-2H3. The van der Waals surface area contributed by atoms with E-state index < -0.39 is 0 Å². The van der Waals surface area contributed by atoms with Crippen LogP contribution < -0.4 is 0 Å². The first-order valence-electron chi connectivity index (χ1n) is 6.47. The number of rotatable bonds is 2. The average molecular weight is 239 g/mol. The fourth-order valence-corrected chi connectivity index (χ4v) is 2.80. The smallest absolute Gasteiger partial charge is 0.106 e. The van der Waals surface area contributed by atoms with Gasteiger partial charge in [0.1, 0.15) is 5.82 Å². The molecular formula is C15H17N3. The third-order valence-electron chi connectivity index (χ3n) is 4.26. The summed E-state index contributed by atoms with van der Waals surface area (Å²) in [5.74, 6) is 1.03. The molecule has 1 aliphatic rings. The Morgan fingerprint density at radius 1 is 1.44 bits per heavy atom. The Balaban J connectivity index is 1.97. The van der Waals surface area contributed by atoms with Crippen molar-refractivity contribution in [1.82, 2.24) is 9.55 Å². The predicted molar refractivity (Wildman–Crippen MR) is 71.1 cm³/mol. The van der Waals surface area contributed by atoms with E-state index in [4.69, 9.17) is 0 Å². The molecule has 0 N–H and O–H groups in total. The van der Waals surface area contributed by atoms with Crippen LogP contribution in [0.15, 0.2) is 18.2 Å². The minimum Gasteiger partial charge on any atom is -0.331 e. The van der Waals surface area contributed by atoms with Gasteiger partial charge in [0.25, 0.3) is 0 Å². The lowest BCUT2D eigenvalue weighted by atomic mass is 9.66. The maximum atomic E-state index is 9.29. The van der Waals surface area contributed by atoms with E-state index in [1.807, 2.05) is 14.0 Å². The summed E-state index contributed by atoms with van der Waals surface area (Å²) in [5.41, 5.74) is 3.34. The summed E-state index contributed by atoms with van der Waals surface area (Å²) in [4.78, 5) is 4.55.